The van der Waals surface area contributed by atoms with E-state index in [0.717, 1.165) is 25.1 Å². The summed E-state index contributed by atoms with van der Waals surface area (Å²) in [5.41, 5.74) is 3.96. The lowest BCUT2D eigenvalue weighted by Gasteiger charge is -2.23. The highest BCUT2D eigenvalue weighted by Gasteiger charge is 2.31. The van der Waals surface area contributed by atoms with Gasteiger partial charge in [0, 0.05) is 12.7 Å². The van der Waals surface area contributed by atoms with Crippen LogP contribution >= 0.6 is 0 Å². The summed E-state index contributed by atoms with van der Waals surface area (Å²) in [7, 11) is 0. The first-order chi connectivity index (χ1) is 7.76. The standard InChI is InChI=1S/C11H20N4O/c1-3-15-9(6-7-13-15)11(14-12)10-5-4-8(2)16-10/h6-8,10-11,14H,3-5,12H2,1-2H3. The van der Waals surface area contributed by atoms with Crippen LogP contribution in [-0.2, 0) is 11.3 Å². The smallest absolute Gasteiger partial charge is 0.0890 e. The van der Waals surface area contributed by atoms with Crippen LogP contribution < -0.4 is 11.3 Å². The molecule has 1 aliphatic rings. The Balaban J connectivity index is 2.16. The number of hydrazine groups is 1. The number of hydrogen-bond acceptors (Lipinski definition) is 4. The zero-order chi connectivity index (χ0) is 11.5. The number of aryl methyl sites for hydroxylation is 1. The highest BCUT2D eigenvalue weighted by atomic mass is 16.5. The van der Waals surface area contributed by atoms with Crippen molar-refractivity contribution in [1.82, 2.24) is 15.2 Å². The number of rotatable bonds is 4. The summed E-state index contributed by atoms with van der Waals surface area (Å²) in [6.07, 6.45) is 4.44. The molecule has 1 saturated heterocycles. The maximum atomic E-state index is 5.85. The van der Waals surface area contributed by atoms with E-state index in [1.807, 2.05) is 16.9 Å². The van der Waals surface area contributed by atoms with Gasteiger partial charge in [0.25, 0.3) is 0 Å². The molecule has 3 unspecified atom stereocenters. The molecular formula is C11H20N4O. The number of aromatic nitrogens is 2. The van der Waals surface area contributed by atoms with Gasteiger partial charge in [-0.2, -0.15) is 5.10 Å². The molecule has 0 aromatic carbocycles. The van der Waals surface area contributed by atoms with E-state index in [4.69, 9.17) is 10.6 Å². The number of nitrogens with two attached hydrogens (primary N) is 1. The van der Waals surface area contributed by atoms with Crippen LogP contribution in [0.15, 0.2) is 12.3 Å². The van der Waals surface area contributed by atoms with Crippen LogP contribution in [0.5, 0.6) is 0 Å². The number of ether oxygens (including phenoxy) is 1. The van der Waals surface area contributed by atoms with Crippen molar-refractivity contribution in [1.29, 1.82) is 0 Å². The summed E-state index contributed by atoms with van der Waals surface area (Å²) < 4.78 is 7.81. The van der Waals surface area contributed by atoms with Gasteiger partial charge in [-0.1, -0.05) is 0 Å². The first kappa shape index (κ1) is 11.6. The highest BCUT2D eigenvalue weighted by molar-refractivity contribution is 5.09. The molecule has 5 heteroatoms. The van der Waals surface area contributed by atoms with E-state index in [0.29, 0.717) is 6.10 Å². The van der Waals surface area contributed by atoms with Crippen molar-refractivity contribution in [3.05, 3.63) is 18.0 Å². The minimum absolute atomic E-state index is 0.0346. The predicted octanol–water partition coefficient (Wildman–Crippen LogP) is 0.975. The van der Waals surface area contributed by atoms with Crippen molar-refractivity contribution in [2.24, 2.45) is 5.84 Å². The number of nitrogens with one attached hydrogen (secondary N) is 1. The molecule has 0 bridgehead atoms. The first-order valence-corrected chi connectivity index (χ1v) is 5.89. The van der Waals surface area contributed by atoms with E-state index in [9.17, 15) is 0 Å². The van der Waals surface area contributed by atoms with Crippen molar-refractivity contribution >= 4 is 0 Å². The molecule has 0 radical (unpaired) electrons. The molecule has 90 valence electrons. The summed E-state index contributed by atoms with van der Waals surface area (Å²) in [4.78, 5) is 0. The van der Waals surface area contributed by atoms with Gasteiger partial charge in [-0.25, -0.2) is 5.43 Å². The van der Waals surface area contributed by atoms with Crippen LogP contribution in [0.1, 0.15) is 38.4 Å². The van der Waals surface area contributed by atoms with Crippen molar-refractivity contribution in [3.63, 3.8) is 0 Å². The average molecular weight is 224 g/mol. The molecule has 1 fully saturated rings. The average Bonchev–Trinajstić information content (AvgIpc) is 2.89. The van der Waals surface area contributed by atoms with Crippen molar-refractivity contribution in [2.75, 3.05) is 0 Å². The van der Waals surface area contributed by atoms with E-state index in [1.165, 1.54) is 0 Å². The fraction of sp³-hybridized carbons (Fsp3) is 0.727. The van der Waals surface area contributed by atoms with E-state index in [2.05, 4.69) is 24.4 Å². The Bertz CT molecular complexity index is 338. The summed E-state index contributed by atoms with van der Waals surface area (Å²) in [6.45, 7) is 5.02. The maximum Gasteiger partial charge on any atom is 0.0890 e. The van der Waals surface area contributed by atoms with E-state index in [1.54, 1.807) is 0 Å². The topological polar surface area (TPSA) is 65.1 Å². The van der Waals surface area contributed by atoms with E-state index < -0.39 is 0 Å². The molecule has 3 atom stereocenters. The highest BCUT2D eigenvalue weighted by Crippen LogP contribution is 2.29. The molecule has 1 aromatic heterocycles. The van der Waals surface area contributed by atoms with Gasteiger partial charge in [0.05, 0.1) is 23.9 Å². The molecule has 1 aliphatic heterocycles. The minimum Gasteiger partial charge on any atom is -0.373 e. The van der Waals surface area contributed by atoms with Gasteiger partial charge in [0.2, 0.25) is 0 Å². The lowest BCUT2D eigenvalue weighted by molar-refractivity contribution is 0.0296. The van der Waals surface area contributed by atoms with Crippen LogP contribution in [0.25, 0.3) is 0 Å². The second-order valence-corrected chi connectivity index (χ2v) is 4.28. The quantitative estimate of drug-likeness (QED) is 0.591. The van der Waals surface area contributed by atoms with Crippen LogP contribution in [0.3, 0.4) is 0 Å². The monoisotopic (exact) mass is 224 g/mol. The molecule has 0 saturated carbocycles. The third-order valence-corrected chi connectivity index (χ3v) is 3.18. The largest absolute Gasteiger partial charge is 0.373 e. The molecule has 2 rings (SSSR count). The molecule has 0 amide bonds. The van der Waals surface area contributed by atoms with Gasteiger partial charge in [0.1, 0.15) is 0 Å². The van der Waals surface area contributed by atoms with Gasteiger partial charge in [-0.15, -0.1) is 0 Å². The molecule has 3 N–H and O–H groups in total. The minimum atomic E-state index is 0.0346. The fourth-order valence-electron chi connectivity index (χ4n) is 2.33. The molecule has 0 aliphatic carbocycles. The zero-order valence-electron chi connectivity index (χ0n) is 9.89. The first-order valence-electron chi connectivity index (χ1n) is 5.89. The van der Waals surface area contributed by atoms with E-state index >= 15 is 0 Å². The number of hydrogen-bond donors (Lipinski definition) is 2. The summed E-state index contributed by atoms with van der Waals surface area (Å²) in [5, 5.41) is 4.26. The van der Waals surface area contributed by atoms with E-state index in [-0.39, 0.29) is 12.1 Å². The zero-order valence-corrected chi connectivity index (χ0v) is 9.89. The second-order valence-electron chi connectivity index (χ2n) is 4.28. The van der Waals surface area contributed by atoms with Gasteiger partial charge in [-0.05, 0) is 32.8 Å². The van der Waals surface area contributed by atoms with Crippen molar-refractivity contribution in [3.8, 4) is 0 Å². The lowest BCUT2D eigenvalue weighted by atomic mass is 10.0. The molecular weight excluding hydrogens is 204 g/mol. The Morgan fingerprint density at radius 3 is 3.06 bits per heavy atom. The van der Waals surface area contributed by atoms with Gasteiger partial charge < -0.3 is 4.74 Å². The summed E-state index contributed by atoms with van der Waals surface area (Å²) >= 11 is 0. The summed E-state index contributed by atoms with van der Waals surface area (Å²) in [6, 6.07) is 2.04. The molecule has 2 heterocycles. The number of nitrogens with zero attached hydrogens (tertiary/aromatic N) is 2. The fourth-order valence-corrected chi connectivity index (χ4v) is 2.33. The summed E-state index contributed by atoms with van der Waals surface area (Å²) in [5.74, 6) is 5.64. The normalized spacial score (nSPS) is 27.2. The molecule has 0 spiro atoms. The molecule has 16 heavy (non-hydrogen) atoms. The Labute approximate surface area is 95.9 Å². The Kier molecular flexibility index (Phi) is 3.58. The van der Waals surface area contributed by atoms with Crippen molar-refractivity contribution < 1.29 is 4.74 Å². The Hall–Kier alpha value is -0.910. The lowest BCUT2D eigenvalue weighted by Crippen LogP contribution is -2.38. The van der Waals surface area contributed by atoms with Gasteiger partial charge in [0.15, 0.2) is 0 Å². The Morgan fingerprint density at radius 1 is 1.69 bits per heavy atom. The predicted molar refractivity (Wildman–Crippen MR) is 61.5 cm³/mol. The third-order valence-electron chi connectivity index (χ3n) is 3.18. The van der Waals surface area contributed by atoms with Crippen molar-refractivity contribution in [2.45, 2.75) is 51.5 Å². The van der Waals surface area contributed by atoms with Crippen LogP contribution in [0.4, 0.5) is 0 Å². The third kappa shape index (κ3) is 2.11. The maximum absolute atomic E-state index is 5.85. The Morgan fingerprint density at radius 2 is 2.50 bits per heavy atom. The van der Waals surface area contributed by atoms with Gasteiger partial charge in [-0.3, -0.25) is 10.5 Å². The molecule has 1 aromatic rings. The SMILES string of the molecule is CCn1nccc1C(NN)C1CCC(C)O1. The van der Waals surface area contributed by atoms with Crippen LogP contribution in [0, 0.1) is 0 Å². The van der Waals surface area contributed by atoms with Crippen LogP contribution in [0.2, 0.25) is 0 Å². The van der Waals surface area contributed by atoms with Crippen LogP contribution in [-0.4, -0.2) is 22.0 Å². The second kappa shape index (κ2) is 4.95. The molecule has 5 nitrogen and oxygen atoms in total. The van der Waals surface area contributed by atoms with Gasteiger partial charge >= 0.3 is 0 Å².